The summed E-state index contributed by atoms with van der Waals surface area (Å²) in [6.45, 7) is -1.13. The van der Waals surface area contributed by atoms with E-state index in [0.29, 0.717) is 0 Å². The van der Waals surface area contributed by atoms with Gasteiger partial charge >= 0.3 is 41.7 Å². The van der Waals surface area contributed by atoms with Gasteiger partial charge in [0.1, 0.15) is 6.42 Å². The zero-order chi connectivity index (χ0) is 21.4. The fourth-order valence-corrected chi connectivity index (χ4v) is 1.33. The van der Waals surface area contributed by atoms with E-state index in [1.807, 2.05) is 0 Å². The van der Waals surface area contributed by atoms with Crippen molar-refractivity contribution in [2.24, 2.45) is 0 Å². The first-order valence-corrected chi connectivity index (χ1v) is 5.91. The van der Waals surface area contributed by atoms with E-state index in [0.717, 1.165) is 0 Å². The minimum absolute atomic E-state index is 0.0747. The molecule has 0 aromatic rings. The van der Waals surface area contributed by atoms with Gasteiger partial charge < -0.3 is 4.74 Å². The number of ether oxygens (including phenoxy) is 1. The molecule has 0 aromatic carbocycles. The predicted octanol–water partition coefficient (Wildman–Crippen LogP) is 4.84. The maximum absolute atomic E-state index is 13.2. The lowest BCUT2D eigenvalue weighted by molar-refractivity contribution is -0.410. The van der Waals surface area contributed by atoms with Crippen LogP contribution in [0.1, 0.15) is 6.42 Å². The summed E-state index contributed by atoms with van der Waals surface area (Å²) in [5.41, 5.74) is 0. The van der Waals surface area contributed by atoms with Crippen molar-refractivity contribution in [1.82, 2.24) is 0 Å². The molecule has 0 heterocycles. The van der Waals surface area contributed by atoms with Gasteiger partial charge in [0, 0.05) is 6.08 Å². The summed E-state index contributed by atoms with van der Waals surface area (Å²) in [4.78, 5) is 10.4. The molecule has 0 aliphatic heterocycles. The maximum atomic E-state index is 13.2. The first kappa shape index (κ1) is 24.3. The van der Waals surface area contributed by atoms with Gasteiger partial charge in [-0.25, -0.2) is 9.18 Å². The summed E-state index contributed by atoms with van der Waals surface area (Å²) < 4.78 is 170. The Morgan fingerprint density at radius 2 is 1.15 bits per heavy atom. The molecule has 0 rings (SSSR count). The Kier molecular flexibility index (Phi) is 6.35. The monoisotopic (exact) mass is 418 g/mol. The molecule has 0 aliphatic rings. The first-order chi connectivity index (χ1) is 11.2. The number of esters is 1. The van der Waals surface area contributed by atoms with Gasteiger partial charge in [0.2, 0.25) is 0 Å². The Labute approximate surface area is 135 Å². The van der Waals surface area contributed by atoms with Gasteiger partial charge in [-0.15, -0.1) is 0 Å². The number of hydrogen-bond donors (Lipinski definition) is 0. The number of rotatable bonds is 9. The second-order valence-electron chi connectivity index (χ2n) is 4.71. The van der Waals surface area contributed by atoms with Crippen molar-refractivity contribution in [3.05, 3.63) is 12.7 Å². The van der Waals surface area contributed by atoms with E-state index in [4.69, 9.17) is 0 Å². The van der Waals surface area contributed by atoms with Crippen LogP contribution >= 0.6 is 0 Å². The Hall–Kier alpha value is -1.70. The number of hydrogen-bond acceptors (Lipinski definition) is 2. The average Bonchev–Trinajstić information content (AvgIpc) is 2.44. The fraction of sp³-hybridized carbons (Fsp3) is 0.727. The molecule has 0 aliphatic carbocycles. The highest BCUT2D eigenvalue weighted by Gasteiger charge is 2.86. The van der Waals surface area contributed by atoms with E-state index in [2.05, 4.69) is 11.3 Å². The van der Waals surface area contributed by atoms with Crippen LogP contribution in [0.25, 0.3) is 0 Å². The number of alkyl halides is 13. The Morgan fingerprint density at radius 3 is 1.50 bits per heavy atom. The second kappa shape index (κ2) is 6.79. The van der Waals surface area contributed by atoms with E-state index >= 15 is 0 Å². The van der Waals surface area contributed by atoms with Crippen LogP contribution in [0.5, 0.6) is 0 Å². The first-order valence-electron chi connectivity index (χ1n) is 5.91. The van der Waals surface area contributed by atoms with Crippen molar-refractivity contribution < 1.29 is 66.6 Å². The number of carbonyl (C=O) groups is 1. The molecule has 0 spiro atoms. The van der Waals surface area contributed by atoms with Crippen molar-refractivity contribution in [3.8, 4) is 0 Å². The van der Waals surface area contributed by atoms with E-state index in [1.54, 1.807) is 0 Å². The third-order valence-corrected chi connectivity index (χ3v) is 2.72. The molecule has 0 radical (unpaired) electrons. The number of halogens is 13. The summed E-state index contributed by atoms with van der Waals surface area (Å²) in [5.74, 6) is -38.1. The third kappa shape index (κ3) is 4.00. The van der Waals surface area contributed by atoms with Crippen molar-refractivity contribution in [2.45, 2.75) is 42.1 Å². The maximum Gasteiger partial charge on any atom is 0.406 e. The van der Waals surface area contributed by atoms with Crippen LogP contribution in [0.15, 0.2) is 12.7 Å². The molecular weight excluding hydrogens is 411 g/mol. The molecule has 0 N–H and O–H groups in total. The Bertz CT molecular complexity index is 540. The Morgan fingerprint density at radius 1 is 0.769 bits per heavy atom. The summed E-state index contributed by atoms with van der Waals surface area (Å²) in [6.07, 6.45) is -9.46. The lowest BCUT2D eigenvalue weighted by Gasteiger charge is -2.39. The van der Waals surface area contributed by atoms with Crippen molar-refractivity contribution in [1.29, 1.82) is 0 Å². The van der Waals surface area contributed by atoms with E-state index in [9.17, 15) is 61.9 Å². The lowest BCUT2D eigenvalue weighted by Crippen LogP contribution is -2.68. The predicted molar refractivity (Wildman–Crippen MR) is 56.6 cm³/mol. The average molecular weight is 418 g/mol. The normalized spacial score (nSPS) is 15.0. The lowest BCUT2D eigenvalue weighted by atomic mass is 9.93. The molecule has 0 fully saturated rings. The third-order valence-electron chi connectivity index (χ3n) is 2.72. The minimum atomic E-state index is -7.68. The van der Waals surface area contributed by atoms with Crippen LogP contribution in [0.4, 0.5) is 57.1 Å². The molecule has 0 unspecified atom stereocenters. The van der Waals surface area contributed by atoms with Crippen LogP contribution in [-0.4, -0.2) is 48.4 Å². The minimum Gasteiger partial charge on any atom is -0.397 e. The molecule has 0 saturated heterocycles. The van der Waals surface area contributed by atoms with Crippen LogP contribution in [0.2, 0.25) is 0 Å². The zero-order valence-corrected chi connectivity index (χ0v) is 11.9. The largest absolute Gasteiger partial charge is 0.406 e. The van der Waals surface area contributed by atoms with Gasteiger partial charge in [-0.3, -0.25) is 0 Å². The van der Waals surface area contributed by atoms with Crippen LogP contribution in [-0.2, 0) is 9.53 Å². The van der Waals surface area contributed by atoms with Gasteiger partial charge in [0.25, 0.3) is 0 Å². The zero-order valence-electron chi connectivity index (χ0n) is 11.9. The van der Waals surface area contributed by atoms with Gasteiger partial charge in [-0.1, -0.05) is 6.58 Å². The van der Waals surface area contributed by atoms with Gasteiger partial charge in [0.05, 0.1) is 0 Å². The molecule has 0 aromatic heterocycles. The fourth-order valence-electron chi connectivity index (χ4n) is 1.33. The Balaban J connectivity index is 5.96. The molecule has 0 saturated carbocycles. The van der Waals surface area contributed by atoms with Gasteiger partial charge in [-0.2, -0.15) is 52.7 Å². The summed E-state index contributed by atoms with van der Waals surface area (Å²) in [6, 6.07) is 0. The molecule has 0 atom stereocenters. The topological polar surface area (TPSA) is 26.3 Å². The summed E-state index contributed by atoms with van der Waals surface area (Å²) in [7, 11) is 0. The van der Waals surface area contributed by atoms with Crippen LogP contribution in [0, 0.1) is 0 Å². The highest BCUT2D eigenvalue weighted by Crippen LogP contribution is 2.58. The molecular formula is C11H7F13O2. The second-order valence-corrected chi connectivity index (χ2v) is 4.71. The molecule has 0 bridgehead atoms. The van der Waals surface area contributed by atoms with Crippen molar-refractivity contribution in [2.75, 3.05) is 6.67 Å². The van der Waals surface area contributed by atoms with Crippen LogP contribution in [0.3, 0.4) is 0 Å². The van der Waals surface area contributed by atoms with Gasteiger partial charge in [-0.05, 0) is 0 Å². The SMILES string of the molecule is C=CC(=O)OC(F)(F)CC(F)(F)C(F)(F)C(F)(F)C(F)(F)C(F)(F)CF. The standard InChI is InChI=1S/C11H7F13O2/c1-2-5(25)26-8(17,18)3-6(13,14)9(19,20)11(23,24)10(21,22)7(15,16)4-12/h2H,1,3-4H2. The molecule has 15 heteroatoms. The smallest absolute Gasteiger partial charge is 0.397 e. The quantitative estimate of drug-likeness (QED) is 0.304. The van der Waals surface area contributed by atoms with Crippen molar-refractivity contribution >= 4 is 5.97 Å². The van der Waals surface area contributed by atoms with E-state index in [1.165, 1.54) is 0 Å². The van der Waals surface area contributed by atoms with Crippen molar-refractivity contribution in [3.63, 3.8) is 0 Å². The molecule has 0 amide bonds. The summed E-state index contributed by atoms with van der Waals surface area (Å²) >= 11 is 0. The summed E-state index contributed by atoms with van der Waals surface area (Å²) in [5, 5.41) is 0. The van der Waals surface area contributed by atoms with Gasteiger partial charge in [0.15, 0.2) is 6.67 Å². The molecule has 154 valence electrons. The number of carbonyl (C=O) groups excluding carboxylic acids is 1. The van der Waals surface area contributed by atoms with E-state index < -0.39 is 54.8 Å². The molecule has 26 heavy (non-hydrogen) atoms. The highest BCUT2D eigenvalue weighted by molar-refractivity contribution is 5.81. The van der Waals surface area contributed by atoms with Crippen LogP contribution < -0.4 is 0 Å². The highest BCUT2D eigenvalue weighted by atomic mass is 19.4. The van der Waals surface area contributed by atoms with E-state index in [-0.39, 0.29) is 6.08 Å². The molecule has 2 nitrogen and oxygen atoms in total.